The Hall–Kier alpha value is -2.86. The minimum Gasteiger partial charge on any atom is -0.394 e. The van der Waals surface area contributed by atoms with Crippen LogP contribution >= 0.6 is 0 Å². The fourth-order valence-electron chi connectivity index (χ4n) is 2.39. The van der Waals surface area contributed by atoms with Crippen molar-refractivity contribution in [2.24, 2.45) is 5.73 Å². The molecule has 12 heteroatoms. The maximum atomic E-state index is 14.3. The van der Waals surface area contributed by atoms with Gasteiger partial charge in [-0.2, -0.15) is 0 Å². The molecular formula is C18H23F2N5O4S. The molecule has 0 bridgehead atoms. The van der Waals surface area contributed by atoms with Crippen LogP contribution in [0.3, 0.4) is 0 Å². The number of carbonyl (C=O) groups is 1. The number of halogens is 2. The molecule has 1 atom stereocenters. The van der Waals surface area contributed by atoms with Gasteiger partial charge in [-0.3, -0.25) is 0 Å². The summed E-state index contributed by atoms with van der Waals surface area (Å²) in [5.74, 6) is -2.22. The number of sulfone groups is 1. The summed E-state index contributed by atoms with van der Waals surface area (Å²) in [5, 5.41) is 14.0. The van der Waals surface area contributed by atoms with E-state index in [9.17, 15) is 27.1 Å². The van der Waals surface area contributed by atoms with Crippen LogP contribution in [0.2, 0.25) is 0 Å². The predicted octanol–water partition coefficient (Wildman–Crippen LogP) is 1.98. The van der Waals surface area contributed by atoms with Gasteiger partial charge in [0.1, 0.15) is 16.3 Å². The molecule has 2 rings (SSSR count). The molecule has 5 N–H and O–H groups in total. The lowest BCUT2D eigenvalue weighted by atomic mass is 10.1. The number of amides is 2. The molecule has 0 fully saturated rings. The average molecular weight is 443 g/mol. The van der Waals surface area contributed by atoms with Crippen molar-refractivity contribution in [1.29, 1.82) is 0 Å². The number of anilines is 2. The lowest BCUT2D eigenvalue weighted by Gasteiger charge is -2.23. The molecule has 0 aliphatic heterocycles. The van der Waals surface area contributed by atoms with Crippen LogP contribution in [0.25, 0.3) is 11.4 Å². The number of carbonyl (C=O) groups excluding carboxylic acids is 1. The number of aromatic nitrogens is 2. The van der Waals surface area contributed by atoms with Gasteiger partial charge in [-0.1, -0.05) is 0 Å². The van der Waals surface area contributed by atoms with E-state index in [4.69, 9.17) is 5.73 Å². The Morgan fingerprint density at radius 3 is 2.27 bits per heavy atom. The van der Waals surface area contributed by atoms with Gasteiger partial charge in [0.2, 0.25) is 0 Å². The fourth-order valence-corrected chi connectivity index (χ4v) is 2.88. The van der Waals surface area contributed by atoms with Crippen LogP contribution in [0.4, 0.5) is 25.1 Å². The van der Waals surface area contributed by atoms with Crippen LogP contribution in [0.15, 0.2) is 18.2 Å². The highest BCUT2D eigenvalue weighted by Gasteiger charge is 2.35. The van der Waals surface area contributed by atoms with E-state index in [-0.39, 0.29) is 29.5 Å². The molecule has 0 spiro atoms. The summed E-state index contributed by atoms with van der Waals surface area (Å²) in [7, 11) is -3.62. The number of benzene rings is 1. The molecule has 2 amide bonds. The highest BCUT2D eigenvalue weighted by atomic mass is 32.2. The van der Waals surface area contributed by atoms with Gasteiger partial charge in [0.25, 0.3) is 0 Å². The van der Waals surface area contributed by atoms with Gasteiger partial charge in [0, 0.05) is 23.9 Å². The van der Waals surface area contributed by atoms with Crippen LogP contribution in [-0.4, -0.2) is 48.4 Å². The first-order valence-corrected chi connectivity index (χ1v) is 10.7. The first-order chi connectivity index (χ1) is 13.8. The van der Waals surface area contributed by atoms with Crippen molar-refractivity contribution < 1.29 is 27.1 Å². The van der Waals surface area contributed by atoms with Gasteiger partial charge >= 0.3 is 6.03 Å². The smallest absolute Gasteiger partial charge is 0.316 e. The van der Waals surface area contributed by atoms with Crippen molar-refractivity contribution in [2.45, 2.75) is 31.6 Å². The number of rotatable bonds is 7. The van der Waals surface area contributed by atoms with Gasteiger partial charge in [0.05, 0.1) is 12.3 Å². The highest BCUT2D eigenvalue weighted by molar-refractivity contribution is 7.91. The van der Waals surface area contributed by atoms with Crippen molar-refractivity contribution in [1.82, 2.24) is 9.97 Å². The number of hydrogen-bond acceptors (Lipinski definition) is 7. The Labute approximate surface area is 172 Å². The summed E-state index contributed by atoms with van der Waals surface area (Å²) in [6, 6.07) is 1.60. The number of primary amides is 1. The van der Waals surface area contributed by atoms with E-state index in [2.05, 4.69) is 15.3 Å². The number of nitrogens with two attached hydrogens (primary N) is 1. The zero-order valence-electron chi connectivity index (χ0n) is 16.8. The second-order valence-electron chi connectivity index (χ2n) is 7.28. The van der Waals surface area contributed by atoms with Crippen molar-refractivity contribution in [3.63, 3.8) is 0 Å². The summed E-state index contributed by atoms with van der Waals surface area (Å²) >= 11 is 0. The minimum absolute atomic E-state index is 0.0859. The van der Waals surface area contributed by atoms with E-state index in [1.54, 1.807) is 6.92 Å². The molecule has 0 aliphatic carbocycles. The van der Waals surface area contributed by atoms with Crippen LogP contribution < -0.4 is 16.4 Å². The third-order valence-electron chi connectivity index (χ3n) is 4.49. The maximum Gasteiger partial charge on any atom is 0.316 e. The van der Waals surface area contributed by atoms with E-state index in [1.807, 2.05) is 5.32 Å². The van der Waals surface area contributed by atoms with E-state index in [1.165, 1.54) is 19.9 Å². The van der Waals surface area contributed by atoms with Crippen LogP contribution in [0, 0.1) is 11.6 Å². The van der Waals surface area contributed by atoms with Crippen molar-refractivity contribution in [3.8, 4) is 11.4 Å². The molecule has 0 unspecified atom stereocenters. The fraction of sp³-hybridized carbons (Fsp3) is 0.389. The standard InChI is InChI=1S/C18H23F2N5O4S/c1-9(8-26)22-14-7-13(18(2,3)30(4,28)29)23-16(24-14)10-5-11(19)15(12(20)6-10)25-17(21)27/h5-7,9,26H,8H2,1-4H3,(H3,21,25,27)(H,22,23,24)/t9-/m0/s1. The Morgan fingerprint density at radius 1 is 1.23 bits per heavy atom. The lowest BCUT2D eigenvalue weighted by molar-refractivity contribution is 0.259. The Bertz CT molecular complexity index is 1050. The molecule has 30 heavy (non-hydrogen) atoms. The quantitative estimate of drug-likeness (QED) is 0.511. The molecule has 1 heterocycles. The number of aliphatic hydroxyl groups is 1. The van der Waals surface area contributed by atoms with E-state index in [0.29, 0.717) is 0 Å². The molecule has 0 saturated carbocycles. The molecule has 0 radical (unpaired) electrons. The molecule has 1 aromatic carbocycles. The molecular weight excluding hydrogens is 420 g/mol. The maximum absolute atomic E-state index is 14.3. The molecule has 0 saturated heterocycles. The largest absolute Gasteiger partial charge is 0.394 e. The van der Waals surface area contributed by atoms with Crippen molar-refractivity contribution in [3.05, 3.63) is 35.5 Å². The van der Waals surface area contributed by atoms with Gasteiger partial charge in [0.15, 0.2) is 27.3 Å². The van der Waals surface area contributed by atoms with Gasteiger partial charge in [-0.25, -0.2) is 32.0 Å². The minimum atomic E-state index is -3.62. The highest BCUT2D eigenvalue weighted by Crippen LogP contribution is 2.32. The molecule has 2 aromatic rings. The Balaban J connectivity index is 2.69. The molecule has 164 valence electrons. The van der Waals surface area contributed by atoms with Gasteiger partial charge in [-0.05, 0) is 32.9 Å². The van der Waals surface area contributed by atoms with Gasteiger partial charge < -0.3 is 21.5 Å². The van der Waals surface area contributed by atoms with Gasteiger partial charge in [-0.15, -0.1) is 0 Å². The van der Waals surface area contributed by atoms with E-state index in [0.717, 1.165) is 18.4 Å². The zero-order chi connectivity index (χ0) is 22.9. The van der Waals surface area contributed by atoms with Crippen LogP contribution in [0.5, 0.6) is 0 Å². The first kappa shape index (κ1) is 23.4. The molecule has 9 nitrogen and oxygen atoms in total. The normalized spacial score (nSPS) is 13.0. The topological polar surface area (TPSA) is 147 Å². The molecule has 0 aliphatic rings. The number of aliphatic hydroxyl groups excluding tert-OH is 1. The van der Waals surface area contributed by atoms with Crippen molar-refractivity contribution in [2.75, 3.05) is 23.5 Å². The van der Waals surface area contributed by atoms with E-state index >= 15 is 0 Å². The number of nitrogens with one attached hydrogen (secondary N) is 2. The predicted molar refractivity (Wildman–Crippen MR) is 109 cm³/mol. The summed E-state index contributed by atoms with van der Waals surface area (Å²) < 4.78 is 51.7. The summed E-state index contributed by atoms with van der Waals surface area (Å²) in [5.41, 5.74) is 4.17. The Kier molecular flexibility index (Phi) is 6.62. The molecule has 1 aromatic heterocycles. The monoisotopic (exact) mass is 443 g/mol. The summed E-state index contributed by atoms with van der Waals surface area (Å²) in [4.78, 5) is 19.3. The first-order valence-electron chi connectivity index (χ1n) is 8.78. The van der Waals surface area contributed by atoms with E-state index < -0.39 is 44.0 Å². The third kappa shape index (κ3) is 5.00. The second kappa shape index (κ2) is 8.48. The zero-order valence-corrected chi connectivity index (χ0v) is 17.6. The SMILES string of the molecule is C[C@@H](CO)Nc1cc(C(C)(C)S(C)(=O)=O)nc(-c2cc(F)c(NC(N)=O)c(F)c2)n1. The van der Waals surface area contributed by atoms with Crippen LogP contribution in [-0.2, 0) is 14.6 Å². The van der Waals surface area contributed by atoms with Crippen LogP contribution in [0.1, 0.15) is 26.5 Å². The van der Waals surface area contributed by atoms with Crippen molar-refractivity contribution >= 4 is 27.4 Å². The number of hydrogen-bond donors (Lipinski definition) is 4. The second-order valence-corrected chi connectivity index (χ2v) is 9.84. The number of urea groups is 1. The lowest BCUT2D eigenvalue weighted by Crippen LogP contribution is -2.30. The average Bonchev–Trinajstić information content (AvgIpc) is 2.63. The Morgan fingerprint density at radius 2 is 1.80 bits per heavy atom. The third-order valence-corrected chi connectivity index (χ3v) is 6.55. The summed E-state index contributed by atoms with van der Waals surface area (Å²) in [6.45, 7) is 4.30. The summed E-state index contributed by atoms with van der Waals surface area (Å²) in [6.07, 6.45) is 1.04. The number of nitrogens with zero attached hydrogens (tertiary/aromatic N) is 2.